The molecule has 0 aliphatic heterocycles. The summed E-state index contributed by atoms with van der Waals surface area (Å²) >= 11 is 0. The number of hydrogen-bond acceptors (Lipinski definition) is 7. The fourth-order valence-corrected chi connectivity index (χ4v) is 2.98. The zero-order valence-electron chi connectivity index (χ0n) is 20.2. The van der Waals surface area contributed by atoms with Crippen molar-refractivity contribution in [3.63, 3.8) is 0 Å². The summed E-state index contributed by atoms with van der Waals surface area (Å²) in [6.45, 7) is 5.39. The van der Waals surface area contributed by atoms with Gasteiger partial charge in [0.15, 0.2) is 0 Å². The molecule has 0 spiro atoms. The quantitative estimate of drug-likeness (QED) is 0.248. The molecule has 0 bridgehead atoms. The van der Waals surface area contributed by atoms with E-state index in [2.05, 4.69) is 10.2 Å². The number of aliphatic hydroxyl groups is 1. The van der Waals surface area contributed by atoms with Crippen LogP contribution in [-0.4, -0.2) is 41.3 Å². The molecule has 0 aliphatic rings. The number of aliphatic hydroxyl groups excluding tert-OH is 1. The molecule has 8 heteroatoms. The molecule has 1 N–H and O–H groups in total. The Morgan fingerprint density at radius 3 is 2.03 bits per heavy atom. The summed E-state index contributed by atoms with van der Waals surface area (Å²) in [7, 11) is 1.56. The van der Waals surface area contributed by atoms with Crippen molar-refractivity contribution in [2.24, 2.45) is 10.2 Å². The number of esters is 1. The normalized spacial score (nSPS) is 12.3. The maximum absolute atomic E-state index is 12.5. The Morgan fingerprint density at radius 2 is 1.46 bits per heavy atom. The minimum atomic E-state index is -0.921. The molecule has 1 atom stereocenters. The first-order valence-corrected chi connectivity index (χ1v) is 11.1. The van der Waals surface area contributed by atoms with Crippen LogP contribution in [0.3, 0.4) is 0 Å². The standard InChI is InChI=1S/C27H29N3O5/c1-27(2,3)35-26(33)30(4)18-24(31)19-12-16-23(17-13-19)34-25(32)20-10-14-22(15-11-20)29-28-21-8-6-5-7-9-21/h5-17,24,31H,18H2,1-4H3. The van der Waals surface area contributed by atoms with Crippen LogP contribution in [0.2, 0.25) is 0 Å². The van der Waals surface area contributed by atoms with Crippen LogP contribution in [0.25, 0.3) is 0 Å². The van der Waals surface area contributed by atoms with E-state index >= 15 is 0 Å². The maximum atomic E-state index is 12.5. The Bertz CT molecular complexity index is 1150. The van der Waals surface area contributed by atoms with Crippen LogP contribution < -0.4 is 4.74 Å². The topological polar surface area (TPSA) is 101 Å². The molecule has 0 saturated heterocycles. The summed E-state index contributed by atoms with van der Waals surface area (Å²) < 4.78 is 10.7. The maximum Gasteiger partial charge on any atom is 0.410 e. The number of carbonyl (C=O) groups excluding carboxylic acids is 2. The van der Waals surface area contributed by atoms with E-state index in [1.165, 1.54) is 4.90 Å². The first-order valence-electron chi connectivity index (χ1n) is 11.1. The highest BCUT2D eigenvalue weighted by Gasteiger charge is 2.22. The zero-order valence-corrected chi connectivity index (χ0v) is 20.2. The Balaban J connectivity index is 1.54. The molecular weight excluding hydrogens is 446 g/mol. The van der Waals surface area contributed by atoms with Crippen molar-refractivity contribution < 1.29 is 24.2 Å². The van der Waals surface area contributed by atoms with E-state index in [0.29, 0.717) is 22.6 Å². The van der Waals surface area contributed by atoms with Gasteiger partial charge in [-0.15, -0.1) is 0 Å². The molecule has 3 aromatic carbocycles. The van der Waals surface area contributed by atoms with Crippen molar-refractivity contribution in [2.75, 3.05) is 13.6 Å². The number of ether oxygens (including phenoxy) is 2. The third kappa shape index (κ3) is 8.04. The van der Waals surface area contributed by atoms with Crippen molar-refractivity contribution in [1.82, 2.24) is 4.90 Å². The monoisotopic (exact) mass is 475 g/mol. The van der Waals surface area contributed by atoms with Crippen molar-refractivity contribution in [2.45, 2.75) is 32.5 Å². The molecule has 182 valence electrons. The third-order valence-electron chi connectivity index (χ3n) is 4.77. The van der Waals surface area contributed by atoms with E-state index in [4.69, 9.17) is 9.47 Å². The molecule has 3 aromatic rings. The number of amides is 1. The van der Waals surface area contributed by atoms with Gasteiger partial charge in [-0.1, -0.05) is 30.3 Å². The van der Waals surface area contributed by atoms with E-state index in [0.717, 1.165) is 5.69 Å². The second kappa shape index (κ2) is 11.4. The lowest BCUT2D eigenvalue weighted by atomic mass is 10.1. The first-order chi connectivity index (χ1) is 16.6. The fraction of sp³-hybridized carbons (Fsp3) is 0.259. The molecule has 8 nitrogen and oxygen atoms in total. The van der Waals surface area contributed by atoms with Gasteiger partial charge in [0.25, 0.3) is 0 Å². The molecule has 0 aliphatic carbocycles. The van der Waals surface area contributed by atoms with Gasteiger partial charge in [0.05, 0.1) is 29.6 Å². The van der Waals surface area contributed by atoms with Crippen molar-refractivity contribution in [3.8, 4) is 5.75 Å². The highest BCUT2D eigenvalue weighted by Crippen LogP contribution is 2.22. The van der Waals surface area contributed by atoms with Gasteiger partial charge in [0.2, 0.25) is 0 Å². The SMILES string of the molecule is CN(CC(O)c1ccc(OC(=O)c2ccc(N=Nc3ccccc3)cc2)cc1)C(=O)OC(C)(C)C. The molecule has 3 rings (SSSR count). The lowest BCUT2D eigenvalue weighted by Gasteiger charge is -2.26. The average molecular weight is 476 g/mol. The van der Waals surface area contributed by atoms with Crippen LogP contribution in [0.15, 0.2) is 89.1 Å². The van der Waals surface area contributed by atoms with Crippen molar-refractivity contribution in [1.29, 1.82) is 0 Å². The second-order valence-electron chi connectivity index (χ2n) is 8.92. The Kier molecular flexibility index (Phi) is 8.33. The number of nitrogens with zero attached hydrogens (tertiary/aromatic N) is 3. The number of azo groups is 1. The molecule has 35 heavy (non-hydrogen) atoms. The van der Waals surface area contributed by atoms with Crippen LogP contribution in [0.1, 0.15) is 42.8 Å². The second-order valence-corrected chi connectivity index (χ2v) is 8.92. The van der Waals surface area contributed by atoms with Crippen LogP contribution in [0, 0.1) is 0 Å². The minimum Gasteiger partial charge on any atom is -0.444 e. The number of rotatable bonds is 7. The highest BCUT2D eigenvalue weighted by molar-refractivity contribution is 5.91. The molecule has 0 heterocycles. The smallest absolute Gasteiger partial charge is 0.410 e. The molecule has 0 aromatic heterocycles. The van der Waals surface area contributed by atoms with Gasteiger partial charge >= 0.3 is 12.1 Å². The summed E-state index contributed by atoms with van der Waals surface area (Å²) in [5, 5.41) is 18.8. The molecule has 0 saturated carbocycles. The zero-order chi connectivity index (χ0) is 25.4. The minimum absolute atomic E-state index is 0.0575. The van der Waals surface area contributed by atoms with E-state index in [1.807, 2.05) is 30.3 Å². The van der Waals surface area contributed by atoms with E-state index in [9.17, 15) is 14.7 Å². The summed E-state index contributed by atoms with van der Waals surface area (Å²) in [5.74, 6) is -0.186. The predicted molar refractivity (Wildman–Crippen MR) is 132 cm³/mol. The van der Waals surface area contributed by atoms with Crippen LogP contribution in [-0.2, 0) is 4.74 Å². The number of likely N-dealkylation sites (N-methyl/N-ethyl adjacent to an activating group) is 1. The Morgan fingerprint density at radius 1 is 0.886 bits per heavy atom. The van der Waals surface area contributed by atoms with Crippen LogP contribution in [0.5, 0.6) is 5.75 Å². The number of benzene rings is 3. The van der Waals surface area contributed by atoms with Crippen molar-refractivity contribution in [3.05, 3.63) is 90.0 Å². The lowest BCUT2D eigenvalue weighted by molar-refractivity contribution is 0.0205. The van der Waals surface area contributed by atoms with Gasteiger partial charge in [-0.3, -0.25) is 0 Å². The summed E-state index contributed by atoms with van der Waals surface area (Å²) in [6, 6.07) is 22.4. The van der Waals surface area contributed by atoms with E-state index in [1.54, 1.807) is 76.3 Å². The number of hydrogen-bond donors (Lipinski definition) is 1. The highest BCUT2D eigenvalue weighted by atomic mass is 16.6. The molecule has 0 fully saturated rings. The van der Waals surface area contributed by atoms with Gasteiger partial charge in [0, 0.05) is 7.05 Å². The fourth-order valence-electron chi connectivity index (χ4n) is 2.98. The van der Waals surface area contributed by atoms with Gasteiger partial charge in [-0.2, -0.15) is 10.2 Å². The van der Waals surface area contributed by atoms with Gasteiger partial charge < -0.3 is 19.5 Å². The summed E-state index contributed by atoms with van der Waals surface area (Å²) in [5.41, 5.74) is 1.68. The lowest BCUT2D eigenvalue weighted by Crippen LogP contribution is -2.36. The first kappa shape index (κ1) is 25.6. The predicted octanol–water partition coefficient (Wildman–Crippen LogP) is 6.22. The van der Waals surface area contributed by atoms with Gasteiger partial charge in [-0.05, 0) is 74.9 Å². The van der Waals surface area contributed by atoms with E-state index in [-0.39, 0.29) is 6.54 Å². The summed E-state index contributed by atoms with van der Waals surface area (Å²) in [4.78, 5) is 25.9. The van der Waals surface area contributed by atoms with E-state index < -0.39 is 23.8 Å². The van der Waals surface area contributed by atoms with Crippen molar-refractivity contribution >= 4 is 23.4 Å². The average Bonchev–Trinajstić information content (AvgIpc) is 2.83. The van der Waals surface area contributed by atoms with Gasteiger partial charge in [-0.25, -0.2) is 9.59 Å². The summed E-state index contributed by atoms with van der Waals surface area (Å²) in [6.07, 6.45) is -1.44. The Hall–Kier alpha value is -4.04. The van der Waals surface area contributed by atoms with Crippen LogP contribution >= 0.6 is 0 Å². The molecular formula is C27H29N3O5. The molecule has 1 unspecified atom stereocenters. The third-order valence-corrected chi connectivity index (χ3v) is 4.77. The molecule has 1 amide bonds. The Labute approximate surface area is 204 Å². The van der Waals surface area contributed by atoms with Crippen LogP contribution in [0.4, 0.5) is 16.2 Å². The largest absolute Gasteiger partial charge is 0.444 e. The van der Waals surface area contributed by atoms with Gasteiger partial charge in [0.1, 0.15) is 11.4 Å². The number of carbonyl (C=O) groups is 2. The molecule has 0 radical (unpaired) electrons.